The molecule has 0 saturated heterocycles. The average Bonchev–Trinajstić information content (AvgIpc) is 2.68. The van der Waals surface area contributed by atoms with Gasteiger partial charge < -0.3 is 0 Å². The summed E-state index contributed by atoms with van der Waals surface area (Å²) in [4.78, 5) is 0.0779. The van der Waals surface area contributed by atoms with Gasteiger partial charge in [0.2, 0.25) is 0 Å². The molecule has 1 N–H and O–H groups in total. The third-order valence-electron chi connectivity index (χ3n) is 3.85. The van der Waals surface area contributed by atoms with Gasteiger partial charge in [0.05, 0.1) is 4.90 Å². The maximum Gasteiger partial charge on any atom is 0.270 e. The van der Waals surface area contributed by atoms with Crippen molar-refractivity contribution in [2.75, 3.05) is 0 Å². The first kappa shape index (κ1) is 17.5. The van der Waals surface area contributed by atoms with Gasteiger partial charge in [-0.3, -0.25) is 0 Å². The SMILES string of the molecule is N#CNS(=O)(=O)c1ccccc1-c1ccc(/C=C/c2ccccc2)cc1. The van der Waals surface area contributed by atoms with E-state index >= 15 is 0 Å². The molecule has 3 aromatic rings. The molecule has 0 spiro atoms. The second-order valence-corrected chi connectivity index (χ2v) is 7.23. The van der Waals surface area contributed by atoms with E-state index in [4.69, 9.17) is 5.26 Å². The molecular weight excluding hydrogens is 344 g/mol. The minimum Gasteiger partial charge on any atom is -0.215 e. The van der Waals surface area contributed by atoms with Crippen molar-refractivity contribution in [3.63, 3.8) is 0 Å². The third-order valence-corrected chi connectivity index (χ3v) is 5.14. The lowest BCUT2D eigenvalue weighted by atomic mass is 10.0. The van der Waals surface area contributed by atoms with E-state index in [2.05, 4.69) is 0 Å². The second kappa shape index (κ2) is 7.68. The highest BCUT2D eigenvalue weighted by Gasteiger charge is 2.18. The van der Waals surface area contributed by atoms with Crippen LogP contribution in [-0.4, -0.2) is 8.42 Å². The quantitative estimate of drug-likeness (QED) is 0.419. The molecule has 3 rings (SSSR count). The number of nitrogens with zero attached hydrogens (tertiary/aromatic N) is 1. The zero-order valence-electron chi connectivity index (χ0n) is 13.8. The van der Waals surface area contributed by atoms with Crippen LogP contribution in [0, 0.1) is 11.5 Å². The standard InChI is InChI=1S/C21H16N2O2S/c22-16-23-26(24,25)21-9-5-4-8-20(21)19-14-12-18(13-15-19)11-10-17-6-2-1-3-7-17/h1-15,23H/b11-10+. The van der Waals surface area contributed by atoms with Crippen LogP contribution in [0.1, 0.15) is 11.1 Å². The van der Waals surface area contributed by atoms with Crippen LogP contribution in [0.15, 0.2) is 83.8 Å². The van der Waals surface area contributed by atoms with Crippen LogP contribution >= 0.6 is 0 Å². The predicted molar refractivity (Wildman–Crippen MR) is 103 cm³/mol. The van der Waals surface area contributed by atoms with Gasteiger partial charge in [0.15, 0.2) is 6.19 Å². The smallest absolute Gasteiger partial charge is 0.215 e. The Labute approximate surface area is 153 Å². The molecule has 0 atom stereocenters. The Morgan fingerprint density at radius 2 is 1.35 bits per heavy atom. The molecule has 5 heteroatoms. The molecule has 3 aromatic carbocycles. The Morgan fingerprint density at radius 3 is 2.00 bits per heavy atom. The van der Waals surface area contributed by atoms with E-state index in [-0.39, 0.29) is 4.90 Å². The van der Waals surface area contributed by atoms with Crippen LogP contribution in [0.4, 0.5) is 0 Å². The molecule has 0 aliphatic carbocycles. The van der Waals surface area contributed by atoms with Gasteiger partial charge in [0, 0.05) is 5.56 Å². The minimum atomic E-state index is -3.87. The summed E-state index contributed by atoms with van der Waals surface area (Å²) < 4.78 is 26.3. The summed E-state index contributed by atoms with van der Waals surface area (Å²) >= 11 is 0. The summed E-state index contributed by atoms with van der Waals surface area (Å²) in [6, 6.07) is 24.2. The Bertz CT molecular complexity index is 1060. The molecule has 0 fully saturated rings. The van der Waals surface area contributed by atoms with Crippen LogP contribution in [0.3, 0.4) is 0 Å². The number of benzene rings is 3. The zero-order chi connectivity index (χ0) is 18.4. The summed E-state index contributed by atoms with van der Waals surface area (Å²) in [5, 5.41) is 8.67. The predicted octanol–water partition coefficient (Wildman–Crippen LogP) is 4.28. The molecule has 4 nitrogen and oxygen atoms in total. The van der Waals surface area contributed by atoms with Crippen molar-refractivity contribution in [2.45, 2.75) is 4.90 Å². The first-order valence-corrected chi connectivity index (χ1v) is 9.42. The van der Waals surface area contributed by atoms with Crippen molar-refractivity contribution < 1.29 is 8.42 Å². The number of sulfonamides is 1. The molecule has 0 bridgehead atoms. The Balaban J connectivity index is 1.91. The first-order chi connectivity index (χ1) is 12.6. The molecule has 0 aromatic heterocycles. The van der Waals surface area contributed by atoms with Crippen LogP contribution in [0.2, 0.25) is 0 Å². The lowest BCUT2D eigenvalue weighted by molar-refractivity contribution is 0.591. The van der Waals surface area contributed by atoms with Gasteiger partial charge in [-0.25, -0.2) is 13.1 Å². The molecule has 0 radical (unpaired) electrons. The van der Waals surface area contributed by atoms with Crippen LogP contribution in [0.25, 0.3) is 23.3 Å². The van der Waals surface area contributed by atoms with E-state index in [0.29, 0.717) is 5.56 Å². The number of nitrogens with one attached hydrogen (secondary N) is 1. The van der Waals surface area contributed by atoms with E-state index < -0.39 is 10.0 Å². The highest BCUT2D eigenvalue weighted by Crippen LogP contribution is 2.27. The minimum absolute atomic E-state index is 0.0779. The number of hydrogen-bond acceptors (Lipinski definition) is 3. The topological polar surface area (TPSA) is 70.0 Å². The van der Waals surface area contributed by atoms with Gasteiger partial charge in [0.1, 0.15) is 0 Å². The Morgan fingerprint density at radius 1 is 0.769 bits per heavy atom. The highest BCUT2D eigenvalue weighted by molar-refractivity contribution is 7.89. The summed E-state index contributed by atoms with van der Waals surface area (Å²) in [5.41, 5.74) is 3.43. The van der Waals surface area contributed by atoms with Gasteiger partial charge in [0.25, 0.3) is 10.0 Å². The first-order valence-electron chi connectivity index (χ1n) is 7.94. The van der Waals surface area contributed by atoms with Crippen molar-refractivity contribution >= 4 is 22.2 Å². The van der Waals surface area contributed by atoms with Crippen molar-refractivity contribution in [3.05, 3.63) is 90.0 Å². The molecule has 26 heavy (non-hydrogen) atoms. The monoisotopic (exact) mass is 360 g/mol. The molecule has 0 saturated carbocycles. The van der Waals surface area contributed by atoms with Crippen molar-refractivity contribution in [3.8, 4) is 17.3 Å². The Kier molecular flexibility index (Phi) is 5.16. The maximum atomic E-state index is 12.2. The van der Waals surface area contributed by atoms with Crippen molar-refractivity contribution in [1.29, 1.82) is 5.26 Å². The molecule has 0 amide bonds. The molecular formula is C21H16N2O2S. The number of nitriles is 1. The van der Waals surface area contributed by atoms with E-state index in [1.54, 1.807) is 18.2 Å². The zero-order valence-corrected chi connectivity index (χ0v) is 14.6. The van der Waals surface area contributed by atoms with Gasteiger partial charge >= 0.3 is 0 Å². The summed E-state index contributed by atoms with van der Waals surface area (Å²) in [6.07, 6.45) is 5.50. The van der Waals surface area contributed by atoms with Gasteiger partial charge in [-0.05, 0) is 22.8 Å². The van der Waals surface area contributed by atoms with E-state index in [9.17, 15) is 8.42 Å². The lowest BCUT2D eigenvalue weighted by Crippen LogP contribution is -2.18. The van der Waals surface area contributed by atoms with E-state index in [1.165, 1.54) is 12.3 Å². The third kappa shape index (κ3) is 4.00. The fourth-order valence-electron chi connectivity index (χ4n) is 2.58. The fourth-order valence-corrected chi connectivity index (χ4v) is 3.55. The lowest BCUT2D eigenvalue weighted by Gasteiger charge is -2.09. The fraction of sp³-hybridized carbons (Fsp3) is 0. The van der Waals surface area contributed by atoms with Crippen LogP contribution in [0.5, 0.6) is 0 Å². The molecule has 0 aliphatic rings. The molecule has 0 heterocycles. The molecule has 0 unspecified atom stereocenters. The van der Waals surface area contributed by atoms with E-state index in [0.717, 1.165) is 16.7 Å². The van der Waals surface area contributed by atoms with Gasteiger partial charge in [-0.15, -0.1) is 0 Å². The van der Waals surface area contributed by atoms with Gasteiger partial charge in [-0.2, -0.15) is 5.26 Å². The average molecular weight is 360 g/mol. The second-order valence-electron chi connectivity index (χ2n) is 5.58. The van der Waals surface area contributed by atoms with Crippen molar-refractivity contribution in [2.24, 2.45) is 0 Å². The summed E-state index contributed by atoms with van der Waals surface area (Å²) in [5.74, 6) is 0. The maximum absolute atomic E-state index is 12.2. The summed E-state index contributed by atoms with van der Waals surface area (Å²) in [6.45, 7) is 0. The van der Waals surface area contributed by atoms with Crippen LogP contribution in [-0.2, 0) is 10.0 Å². The Hall–Kier alpha value is -3.36. The van der Waals surface area contributed by atoms with Crippen molar-refractivity contribution in [1.82, 2.24) is 4.72 Å². The highest BCUT2D eigenvalue weighted by atomic mass is 32.2. The number of hydrogen-bond donors (Lipinski definition) is 1. The normalized spacial score (nSPS) is 11.2. The molecule has 0 aliphatic heterocycles. The van der Waals surface area contributed by atoms with Crippen LogP contribution < -0.4 is 4.72 Å². The van der Waals surface area contributed by atoms with Gasteiger partial charge in [-0.1, -0.05) is 84.9 Å². The largest absolute Gasteiger partial charge is 0.270 e. The molecule has 128 valence electrons. The number of rotatable bonds is 5. The van der Waals surface area contributed by atoms with E-state index in [1.807, 2.05) is 71.5 Å². The summed E-state index contributed by atoms with van der Waals surface area (Å²) in [7, 11) is -3.87.